The minimum Gasteiger partial charge on any atom is -0.462 e. The van der Waals surface area contributed by atoms with E-state index in [2.05, 4.69) is 4.98 Å². The van der Waals surface area contributed by atoms with Crippen molar-refractivity contribution in [3.8, 4) is 0 Å². The fourth-order valence-electron chi connectivity index (χ4n) is 2.01. The van der Waals surface area contributed by atoms with Crippen molar-refractivity contribution in [3.05, 3.63) is 29.6 Å². The summed E-state index contributed by atoms with van der Waals surface area (Å²) in [6.07, 6.45) is -3.98. The standard InChI is InChI=1S/C17H21F3N2O5/c1-5-26-14(24)11-6-7-21-12(8-11)9-22(15(25)17(18,19)20)10-13(23)27-16(2,3)4/h6-8H,5,9-10H2,1-4H3. The maximum atomic E-state index is 12.9. The molecular weight excluding hydrogens is 369 g/mol. The number of aromatic nitrogens is 1. The van der Waals surface area contributed by atoms with E-state index < -0.39 is 42.7 Å². The van der Waals surface area contributed by atoms with Gasteiger partial charge in [-0.2, -0.15) is 13.2 Å². The van der Waals surface area contributed by atoms with Gasteiger partial charge in [-0.3, -0.25) is 14.6 Å². The van der Waals surface area contributed by atoms with Gasteiger partial charge in [-0.25, -0.2) is 4.79 Å². The van der Waals surface area contributed by atoms with Gasteiger partial charge >= 0.3 is 24.0 Å². The van der Waals surface area contributed by atoms with Gasteiger partial charge in [0.1, 0.15) is 12.1 Å². The zero-order valence-electron chi connectivity index (χ0n) is 15.4. The van der Waals surface area contributed by atoms with Crippen molar-refractivity contribution in [1.82, 2.24) is 9.88 Å². The van der Waals surface area contributed by atoms with E-state index in [1.54, 1.807) is 27.7 Å². The van der Waals surface area contributed by atoms with Gasteiger partial charge in [0, 0.05) is 6.20 Å². The summed E-state index contributed by atoms with van der Waals surface area (Å²) in [4.78, 5) is 39.4. The molecule has 0 bridgehead atoms. The molecule has 27 heavy (non-hydrogen) atoms. The molecule has 10 heteroatoms. The Morgan fingerprint density at radius 3 is 2.33 bits per heavy atom. The lowest BCUT2D eigenvalue weighted by Crippen LogP contribution is -2.44. The fraction of sp³-hybridized carbons (Fsp3) is 0.529. The number of esters is 2. The second-order valence-electron chi connectivity index (χ2n) is 6.50. The molecule has 0 aliphatic heterocycles. The van der Waals surface area contributed by atoms with Crippen molar-refractivity contribution >= 4 is 17.8 Å². The number of amides is 1. The lowest BCUT2D eigenvalue weighted by Gasteiger charge is -2.25. The van der Waals surface area contributed by atoms with Crippen LogP contribution in [0.2, 0.25) is 0 Å². The second kappa shape index (κ2) is 8.83. The van der Waals surface area contributed by atoms with E-state index in [1.165, 1.54) is 18.3 Å². The first-order chi connectivity index (χ1) is 12.3. The summed E-state index contributed by atoms with van der Waals surface area (Å²) in [5.41, 5.74) is -0.869. The van der Waals surface area contributed by atoms with Crippen LogP contribution in [0.25, 0.3) is 0 Å². The van der Waals surface area contributed by atoms with Crippen LogP contribution in [0.5, 0.6) is 0 Å². The van der Waals surface area contributed by atoms with Crippen molar-refractivity contribution in [2.45, 2.75) is 46.0 Å². The number of hydrogen-bond donors (Lipinski definition) is 0. The van der Waals surface area contributed by atoms with Gasteiger partial charge in [-0.05, 0) is 39.8 Å². The van der Waals surface area contributed by atoms with Crippen LogP contribution in [0.4, 0.5) is 13.2 Å². The van der Waals surface area contributed by atoms with Gasteiger partial charge < -0.3 is 14.4 Å². The van der Waals surface area contributed by atoms with Gasteiger partial charge in [0.25, 0.3) is 0 Å². The molecule has 0 N–H and O–H groups in total. The number of pyridine rings is 1. The van der Waals surface area contributed by atoms with Gasteiger partial charge in [0.2, 0.25) is 0 Å². The van der Waals surface area contributed by atoms with E-state index in [-0.39, 0.29) is 22.8 Å². The molecule has 7 nitrogen and oxygen atoms in total. The number of nitrogens with zero attached hydrogens (tertiary/aromatic N) is 2. The van der Waals surface area contributed by atoms with Crippen LogP contribution in [0.3, 0.4) is 0 Å². The lowest BCUT2D eigenvalue weighted by atomic mass is 10.2. The average molecular weight is 390 g/mol. The minimum atomic E-state index is -5.18. The summed E-state index contributed by atoms with van der Waals surface area (Å²) in [5, 5.41) is 0. The van der Waals surface area contributed by atoms with Crippen LogP contribution >= 0.6 is 0 Å². The van der Waals surface area contributed by atoms with Crippen molar-refractivity contribution in [1.29, 1.82) is 0 Å². The first-order valence-electron chi connectivity index (χ1n) is 8.03. The molecule has 0 aromatic carbocycles. The predicted molar refractivity (Wildman–Crippen MR) is 87.5 cm³/mol. The number of halogens is 3. The Morgan fingerprint density at radius 2 is 1.81 bits per heavy atom. The number of ether oxygens (including phenoxy) is 2. The third kappa shape index (κ3) is 7.63. The van der Waals surface area contributed by atoms with Gasteiger partial charge in [-0.1, -0.05) is 0 Å². The molecule has 0 radical (unpaired) electrons. The van der Waals surface area contributed by atoms with Crippen molar-refractivity contribution < 1.29 is 37.0 Å². The third-order valence-electron chi connectivity index (χ3n) is 2.95. The summed E-state index contributed by atoms with van der Waals surface area (Å²) in [7, 11) is 0. The topological polar surface area (TPSA) is 85.8 Å². The van der Waals surface area contributed by atoms with Crippen LogP contribution in [-0.2, 0) is 25.6 Å². The number of carbonyl (C=O) groups excluding carboxylic acids is 3. The largest absolute Gasteiger partial charge is 0.471 e. The Morgan fingerprint density at radius 1 is 1.19 bits per heavy atom. The molecule has 0 atom stereocenters. The van der Waals surface area contributed by atoms with E-state index >= 15 is 0 Å². The zero-order chi connectivity index (χ0) is 20.8. The van der Waals surface area contributed by atoms with Gasteiger partial charge in [-0.15, -0.1) is 0 Å². The third-order valence-corrected chi connectivity index (χ3v) is 2.95. The number of alkyl halides is 3. The molecule has 0 aliphatic carbocycles. The molecule has 0 saturated heterocycles. The Kier molecular flexibility index (Phi) is 7.32. The number of hydrogen-bond acceptors (Lipinski definition) is 6. The Balaban J connectivity index is 3.04. The van der Waals surface area contributed by atoms with Crippen LogP contribution in [0.1, 0.15) is 43.7 Å². The second-order valence-corrected chi connectivity index (χ2v) is 6.50. The summed E-state index contributed by atoms with van der Waals surface area (Å²) in [5.74, 6) is -3.89. The molecule has 0 unspecified atom stereocenters. The Bertz CT molecular complexity index is 699. The average Bonchev–Trinajstić information content (AvgIpc) is 2.51. The molecule has 1 aromatic heterocycles. The smallest absolute Gasteiger partial charge is 0.462 e. The molecule has 1 rings (SSSR count). The Hall–Kier alpha value is -2.65. The van der Waals surface area contributed by atoms with Crippen molar-refractivity contribution in [3.63, 3.8) is 0 Å². The molecule has 150 valence electrons. The predicted octanol–water partition coefficient (Wildman–Crippen LogP) is 2.49. The quantitative estimate of drug-likeness (QED) is 0.694. The van der Waals surface area contributed by atoms with Gasteiger partial charge in [0.05, 0.1) is 24.4 Å². The molecule has 0 fully saturated rings. The maximum Gasteiger partial charge on any atom is 0.471 e. The van der Waals surface area contributed by atoms with Crippen LogP contribution in [-0.4, -0.2) is 52.7 Å². The normalized spacial score (nSPS) is 11.7. The molecule has 1 amide bonds. The molecule has 1 heterocycles. The number of carbonyl (C=O) groups is 3. The maximum absolute atomic E-state index is 12.9. The Labute approximate surface area is 154 Å². The summed E-state index contributed by atoms with van der Waals surface area (Å²) in [6.45, 7) is 4.81. The zero-order valence-corrected chi connectivity index (χ0v) is 15.4. The fourth-order valence-corrected chi connectivity index (χ4v) is 2.01. The summed E-state index contributed by atoms with van der Waals surface area (Å²) in [6, 6.07) is 2.52. The lowest BCUT2D eigenvalue weighted by molar-refractivity contribution is -0.188. The molecular formula is C17H21F3N2O5. The van der Waals surface area contributed by atoms with Crippen LogP contribution in [0.15, 0.2) is 18.3 Å². The van der Waals surface area contributed by atoms with Crippen LogP contribution in [0, 0.1) is 0 Å². The highest BCUT2D eigenvalue weighted by atomic mass is 19.4. The minimum absolute atomic E-state index is 0.0123. The monoisotopic (exact) mass is 390 g/mol. The summed E-state index contributed by atoms with van der Waals surface area (Å²) >= 11 is 0. The summed E-state index contributed by atoms with van der Waals surface area (Å²) < 4.78 is 48.4. The van der Waals surface area contributed by atoms with E-state index in [9.17, 15) is 27.6 Å². The highest BCUT2D eigenvalue weighted by Gasteiger charge is 2.43. The van der Waals surface area contributed by atoms with E-state index in [0.717, 1.165) is 0 Å². The number of rotatable bonds is 6. The first kappa shape index (κ1) is 22.4. The first-order valence-corrected chi connectivity index (χ1v) is 8.03. The molecule has 0 aliphatic rings. The molecule has 1 aromatic rings. The van der Waals surface area contributed by atoms with Crippen molar-refractivity contribution in [2.24, 2.45) is 0 Å². The molecule has 0 spiro atoms. The highest BCUT2D eigenvalue weighted by Crippen LogP contribution is 2.20. The van der Waals surface area contributed by atoms with E-state index in [0.29, 0.717) is 0 Å². The van der Waals surface area contributed by atoms with E-state index in [4.69, 9.17) is 9.47 Å². The van der Waals surface area contributed by atoms with Crippen molar-refractivity contribution in [2.75, 3.05) is 13.2 Å². The van der Waals surface area contributed by atoms with Crippen LogP contribution < -0.4 is 0 Å². The van der Waals surface area contributed by atoms with E-state index in [1.807, 2.05) is 0 Å². The highest BCUT2D eigenvalue weighted by molar-refractivity contribution is 5.89. The molecule has 0 saturated carbocycles. The van der Waals surface area contributed by atoms with Gasteiger partial charge in [0.15, 0.2) is 0 Å². The SMILES string of the molecule is CCOC(=O)c1ccnc(CN(CC(=O)OC(C)(C)C)C(=O)C(F)(F)F)c1.